The number of benzene rings is 2. The molecule has 2 amide bonds. The summed E-state index contributed by atoms with van der Waals surface area (Å²) >= 11 is 13.9. The van der Waals surface area contributed by atoms with E-state index in [0.717, 1.165) is 28.4 Å². The Hall–Kier alpha value is -2.52. The van der Waals surface area contributed by atoms with Crippen molar-refractivity contribution in [2.45, 2.75) is 51.2 Å². The van der Waals surface area contributed by atoms with Gasteiger partial charge in [0.05, 0.1) is 12.6 Å². The van der Waals surface area contributed by atoms with Crippen LogP contribution in [0.25, 0.3) is 0 Å². The molecule has 0 aromatic heterocycles. The van der Waals surface area contributed by atoms with Crippen molar-refractivity contribution in [2.75, 3.05) is 33.9 Å². The number of fused-ring (bicyclic) bond motifs is 1. The SMILES string of the molecule is COCCN(C)C(=O)C1CCCN1C(=O)C1=C(C(C)C)N2C(=NC(C)(c3ccc(Cl)cc3)C2c2ccc(Cl)cc2)S1. The molecule has 2 aromatic rings. The summed E-state index contributed by atoms with van der Waals surface area (Å²) in [5.74, 6) is -0.109. The first-order chi connectivity index (χ1) is 19.6. The number of thioether (sulfide) groups is 1. The summed E-state index contributed by atoms with van der Waals surface area (Å²) in [5, 5.41) is 2.11. The fourth-order valence-electron chi connectivity index (χ4n) is 6.05. The number of hydrogen-bond donors (Lipinski definition) is 0. The maximum atomic E-state index is 14.2. The Morgan fingerprint density at radius 3 is 2.37 bits per heavy atom. The topological polar surface area (TPSA) is 65.5 Å². The lowest BCUT2D eigenvalue weighted by Gasteiger charge is -2.37. The molecule has 0 aliphatic carbocycles. The van der Waals surface area contributed by atoms with Crippen molar-refractivity contribution < 1.29 is 14.3 Å². The van der Waals surface area contributed by atoms with Gasteiger partial charge in [0.2, 0.25) is 5.91 Å². The number of allylic oxidation sites excluding steroid dienone is 1. The number of likely N-dealkylation sites (N-methyl/N-ethyl adjacent to an activating group) is 1. The summed E-state index contributed by atoms with van der Waals surface area (Å²) in [5.41, 5.74) is 2.38. The molecule has 7 nitrogen and oxygen atoms in total. The number of likely N-dealkylation sites (tertiary alicyclic amines) is 1. The number of amides is 2. The van der Waals surface area contributed by atoms with E-state index in [1.165, 1.54) is 11.8 Å². The smallest absolute Gasteiger partial charge is 0.263 e. The zero-order valence-corrected chi connectivity index (χ0v) is 26.4. The molecule has 41 heavy (non-hydrogen) atoms. The van der Waals surface area contributed by atoms with Crippen LogP contribution in [0.3, 0.4) is 0 Å². The highest BCUT2D eigenvalue weighted by Crippen LogP contribution is 2.56. The number of hydrogen-bond acceptors (Lipinski definition) is 6. The minimum atomic E-state index is -0.633. The number of nitrogens with zero attached hydrogens (tertiary/aromatic N) is 4. The Morgan fingerprint density at radius 1 is 1.12 bits per heavy atom. The molecule has 3 aliphatic rings. The third kappa shape index (κ3) is 5.52. The third-order valence-corrected chi connectivity index (χ3v) is 9.73. The molecule has 0 bridgehead atoms. The monoisotopic (exact) mass is 614 g/mol. The lowest BCUT2D eigenvalue weighted by molar-refractivity contribution is -0.141. The quantitative estimate of drug-likeness (QED) is 0.347. The van der Waals surface area contributed by atoms with Gasteiger partial charge in [-0.1, -0.05) is 61.3 Å². The van der Waals surface area contributed by atoms with E-state index in [9.17, 15) is 9.59 Å². The van der Waals surface area contributed by atoms with Gasteiger partial charge in [0.1, 0.15) is 16.5 Å². The van der Waals surface area contributed by atoms with Crippen LogP contribution in [-0.2, 0) is 19.9 Å². The van der Waals surface area contributed by atoms with E-state index in [1.807, 2.05) is 48.5 Å². The lowest BCUT2D eigenvalue weighted by atomic mass is 9.81. The standard InChI is InChI=1S/C31H36Cl2N4O3S/c1-19(2)25-26(29(39)36-16-6-7-24(36)28(38)35(4)17-18-40-5)41-30-34-31(3,21-10-14-23(33)15-11-21)27(37(25)30)20-8-12-22(32)13-9-20/h8-15,19,24,27H,6-7,16-18H2,1-5H3. The van der Waals surface area contributed by atoms with E-state index < -0.39 is 11.6 Å². The highest BCUT2D eigenvalue weighted by molar-refractivity contribution is 8.18. The van der Waals surface area contributed by atoms with E-state index in [4.69, 9.17) is 32.9 Å². The summed E-state index contributed by atoms with van der Waals surface area (Å²) in [6, 6.07) is 15.0. The molecule has 2 aromatic carbocycles. The number of halogens is 2. The van der Waals surface area contributed by atoms with Gasteiger partial charge in [0.15, 0.2) is 5.17 Å². The number of ether oxygens (including phenoxy) is 1. The molecule has 1 saturated heterocycles. The molecule has 10 heteroatoms. The predicted molar refractivity (Wildman–Crippen MR) is 166 cm³/mol. The second kappa shape index (κ2) is 12.0. The number of aliphatic imine (C=N–C) groups is 1. The van der Waals surface area contributed by atoms with Gasteiger partial charge in [-0.2, -0.15) is 0 Å². The first kappa shape index (κ1) is 30.0. The number of amidine groups is 1. The van der Waals surface area contributed by atoms with E-state index in [-0.39, 0.29) is 23.8 Å². The van der Waals surface area contributed by atoms with Crippen molar-refractivity contribution in [3.8, 4) is 0 Å². The van der Waals surface area contributed by atoms with Crippen molar-refractivity contribution in [3.63, 3.8) is 0 Å². The van der Waals surface area contributed by atoms with Crippen LogP contribution in [0.15, 0.2) is 64.1 Å². The molecule has 3 aliphatic heterocycles. The van der Waals surface area contributed by atoms with Gasteiger partial charge in [-0.05, 0) is 72.8 Å². The van der Waals surface area contributed by atoms with Crippen LogP contribution >= 0.6 is 35.0 Å². The highest BCUT2D eigenvalue weighted by Gasteiger charge is 2.54. The summed E-state index contributed by atoms with van der Waals surface area (Å²) in [7, 11) is 3.38. The van der Waals surface area contributed by atoms with E-state index in [1.54, 1.807) is 24.0 Å². The molecule has 3 unspecified atom stereocenters. The summed E-state index contributed by atoms with van der Waals surface area (Å²) < 4.78 is 5.15. The second-order valence-electron chi connectivity index (χ2n) is 11.3. The second-order valence-corrected chi connectivity index (χ2v) is 13.1. The Labute approximate surface area is 256 Å². The normalized spacial score (nSPS) is 23.9. The molecule has 0 radical (unpaired) electrons. The maximum absolute atomic E-state index is 14.2. The summed E-state index contributed by atoms with van der Waals surface area (Å²) in [4.78, 5) is 39.2. The van der Waals surface area contributed by atoms with Crippen molar-refractivity contribution in [3.05, 3.63) is 80.3 Å². The zero-order valence-electron chi connectivity index (χ0n) is 24.1. The van der Waals surface area contributed by atoms with Crippen LogP contribution < -0.4 is 0 Å². The van der Waals surface area contributed by atoms with Gasteiger partial charge in [0, 0.05) is 43.0 Å². The summed E-state index contributed by atoms with van der Waals surface area (Å²) in [6.45, 7) is 7.83. The van der Waals surface area contributed by atoms with Gasteiger partial charge in [-0.3, -0.25) is 9.59 Å². The van der Waals surface area contributed by atoms with E-state index in [0.29, 0.717) is 41.1 Å². The number of carbonyl (C=O) groups is 2. The molecular weight excluding hydrogens is 579 g/mol. The molecule has 3 heterocycles. The molecule has 0 saturated carbocycles. The Bertz CT molecular complexity index is 1380. The van der Waals surface area contributed by atoms with Crippen molar-refractivity contribution in [2.24, 2.45) is 10.9 Å². The van der Waals surface area contributed by atoms with Crippen LogP contribution in [0.5, 0.6) is 0 Å². The fraction of sp³-hybridized carbons (Fsp3) is 0.452. The molecule has 3 atom stereocenters. The number of methoxy groups -OCH3 is 1. The third-order valence-electron chi connectivity index (χ3n) is 8.17. The largest absolute Gasteiger partial charge is 0.383 e. The van der Waals surface area contributed by atoms with Gasteiger partial charge >= 0.3 is 0 Å². The zero-order chi connectivity index (χ0) is 29.5. The first-order valence-electron chi connectivity index (χ1n) is 13.9. The van der Waals surface area contributed by atoms with Gasteiger partial charge < -0.3 is 19.4 Å². The Kier molecular flexibility index (Phi) is 8.76. The maximum Gasteiger partial charge on any atom is 0.263 e. The van der Waals surface area contributed by atoms with E-state index in [2.05, 4.69) is 25.7 Å². The first-order valence-corrected chi connectivity index (χ1v) is 15.5. The van der Waals surface area contributed by atoms with Crippen molar-refractivity contribution >= 4 is 51.9 Å². The van der Waals surface area contributed by atoms with Gasteiger partial charge in [0.25, 0.3) is 5.91 Å². The average Bonchev–Trinajstić information content (AvgIpc) is 3.64. The van der Waals surface area contributed by atoms with Crippen molar-refractivity contribution in [1.82, 2.24) is 14.7 Å². The van der Waals surface area contributed by atoms with Crippen LogP contribution in [0.2, 0.25) is 10.0 Å². The molecule has 0 spiro atoms. The predicted octanol–water partition coefficient (Wildman–Crippen LogP) is 6.33. The van der Waals surface area contributed by atoms with Gasteiger partial charge in [-0.15, -0.1) is 0 Å². The van der Waals surface area contributed by atoms with Crippen LogP contribution in [0.1, 0.15) is 50.8 Å². The van der Waals surface area contributed by atoms with Crippen LogP contribution in [-0.4, -0.2) is 71.6 Å². The Balaban J connectivity index is 1.54. The minimum absolute atomic E-state index is 0.0395. The number of carbonyl (C=O) groups excluding carboxylic acids is 2. The van der Waals surface area contributed by atoms with E-state index >= 15 is 0 Å². The van der Waals surface area contributed by atoms with Gasteiger partial charge in [-0.25, -0.2) is 4.99 Å². The Morgan fingerprint density at radius 2 is 1.76 bits per heavy atom. The van der Waals surface area contributed by atoms with Crippen LogP contribution in [0, 0.1) is 5.92 Å². The van der Waals surface area contributed by atoms with Crippen molar-refractivity contribution in [1.29, 1.82) is 0 Å². The summed E-state index contributed by atoms with van der Waals surface area (Å²) in [6.07, 6.45) is 1.45. The number of rotatable bonds is 8. The highest BCUT2D eigenvalue weighted by atomic mass is 35.5. The van der Waals surface area contributed by atoms with Crippen LogP contribution in [0.4, 0.5) is 0 Å². The molecule has 218 valence electrons. The molecule has 5 rings (SSSR count). The molecule has 0 N–H and O–H groups in total. The molecule has 1 fully saturated rings. The average molecular weight is 616 g/mol. The lowest BCUT2D eigenvalue weighted by Crippen LogP contribution is -2.47. The fourth-order valence-corrected chi connectivity index (χ4v) is 7.67. The minimum Gasteiger partial charge on any atom is -0.383 e. The molecular formula is C31H36Cl2N4O3S.